The molecule has 4 aromatic rings. The predicted molar refractivity (Wildman–Crippen MR) is 83.7 cm³/mol. The first-order chi connectivity index (χ1) is 9.77. The standard InChI is InChI=1S/C19H13F/c1-12-18-14-7-3-2-6-13(14)10-11-16(18)15-8-4-5-9-17(15)19(12)20/h2-11H,1H3. The van der Waals surface area contributed by atoms with Gasteiger partial charge in [-0.05, 0) is 39.4 Å². The van der Waals surface area contributed by atoms with Gasteiger partial charge in [0.1, 0.15) is 5.82 Å². The molecule has 0 nitrogen and oxygen atoms in total. The summed E-state index contributed by atoms with van der Waals surface area (Å²) in [7, 11) is 0. The van der Waals surface area contributed by atoms with Crippen LogP contribution in [0.1, 0.15) is 5.56 Å². The monoisotopic (exact) mass is 260 g/mol. The largest absolute Gasteiger partial charge is 0.206 e. The average Bonchev–Trinajstić information content (AvgIpc) is 2.51. The molecule has 0 saturated carbocycles. The lowest BCUT2D eigenvalue weighted by atomic mass is 9.93. The minimum absolute atomic E-state index is 0.107. The molecule has 0 spiro atoms. The van der Waals surface area contributed by atoms with Crippen LogP contribution in [0.2, 0.25) is 0 Å². The fourth-order valence-corrected chi connectivity index (χ4v) is 3.12. The third kappa shape index (κ3) is 1.41. The van der Waals surface area contributed by atoms with Crippen molar-refractivity contribution in [1.82, 2.24) is 0 Å². The van der Waals surface area contributed by atoms with E-state index >= 15 is 0 Å². The SMILES string of the molecule is Cc1c(F)c2ccccc2c2ccc3ccccc3c12. The third-order valence-electron chi connectivity index (χ3n) is 4.09. The minimum atomic E-state index is -0.107. The molecule has 0 heterocycles. The molecule has 0 unspecified atom stereocenters. The van der Waals surface area contributed by atoms with Crippen molar-refractivity contribution in [3.63, 3.8) is 0 Å². The van der Waals surface area contributed by atoms with E-state index in [0.29, 0.717) is 5.39 Å². The van der Waals surface area contributed by atoms with Crippen LogP contribution in [0, 0.1) is 12.7 Å². The van der Waals surface area contributed by atoms with E-state index in [1.54, 1.807) is 0 Å². The van der Waals surface area contributed by atoms with Gasteiger partial charge < -0.3 is 0 Å². The number of halogens is 1. The summed E-state index contributed by atoms with van der Waals surface area (Å²) in [6, 6.07) is 20.1. The molecule has 20 heavy (non-hydrogen) atoms. The van der Waals surface area contributed by atoms with Gasteiger partial charge in [-0.15, -0.1) is 0 Å². The Morgan fingerprint density at radius 2 is 1.30 bits per heavy atom. The minimum Gasteiger partial charge on any atom is -0.206 e. The number of fused-ring (bicyclic) bond motifs is 5. The quantitative estimate of drug-likeness (QED) is 0.361. The second-order valence-corrected chi connectivity index (χ2v) is 5.19. The number of hydrogen-bond acceptors (Lipinski definition) is 0. The molecule has 0 fully saturated rings. The summed E-state index contributed by atoms with van der Waals surface area (Å²) < 4.78 is 14.7. The number of rotatable bonds is 0. The molecular weight excluding hydrogens is 247 g/mol. The molecule has 1 heteroatoms. The lowest BCUT2D eigenvalue weighted by Gasteiger charge is -2.12. The smallest absolute Gasteiger partial charge is 0.134 e. The maximum atomic E-state index is 14.7. The van der Waals surface area contributed by atoms with Crippen LogP contribution in [0.5, 0.6) is 0 Å². The molecule has 0 radical (unpaired) electrons. The van der Waals surface area contributed by atoms with Crippen molar-refractivity contribution < 1.29 is 4.39 Å². The van der Waals surface area contributed by atoms with Crippen LogP contribution in [0.15, 0.2) is 60.7 Å². The Labute approximate surface area is 116 Å². The second kappa shape index (κ2) is 4.04. The van der Waals surface area contributed by atoms with Crippen LogP contribution in [0.3, 0.4) is 0 Å². The highest BCUT2D eigenvalue weighted by Gasteiger charge is 2.12. The number of benzene rings is 4. The van der Waals surface area contributed by atoms with Gasteiger partial charge in [-0.3, -0.25) is 0 Å². The van der Waals surface area contributed by atoms with Crippen molar-refractivity contribution in [3.05, 3.63) is 72.0 Å². The first kappa shape index (κ1) is 11.4. The molecule has 96 valence electrons. The van der Waals surface area contributed by atoms with Crippen LogP contribution in [0.25, 0.3) is 32.3 Å². The first-order valence-electron chi connectivity index (χ1n) is 6.75. The lowest BCUT2D eigenvalue weighted by molar-refractivity contribution is 0.633. The molecule has 0 amide bonds. The predicted octanol–water partition coefficient (Wildman–Crippen LogP) is 5.59. The lowest BCUT2D eigenvalue weighted by Crippen LogP contribution is -1.90. The molecule has 0 aliphatic carbocycles. The van der Waals surface area contributed by atoms with Gasteiger partial charge in [0.15, 0.2) is 0 Å². The fourth-order valence-electron chi connectivity index (χ4n) is 3.12. The van der Waals surface area contributed by atoms with E-state index in [1.807, 2.05) is 43.3 Å². The summed E-state index contributed by atoms with van der Waals surface area (Å²) in [6.07, 6.45) is 0. The Hall–Kier alpha value is -2.41. The maximum absolute atomic E-state index is 14.7. The van der Waals surface area contributed by atoms with Crippen molar-refractivity contribution in [1.29, 1.82) is 0 Å². The van der Waals surface area contributed by atoms with Crippen LogP contribution >= 0.6 is 0 Å². The van der Waals surface area contributed by atoms with Crippen molar-refractivity contribution in [2.45, 2.75) is 6.92 Å². The van der Waals surface area contributed by atoms with Gasteiger partial charge >= 0.3 is 0 Å². The van der Waals surface area contributed by atoms with Gasteiger partial charge in [0.05, 0.1) is 0 Å². The Morgan fingerprint density at radius 3 is 2.10 bits per heavy atom. The molecule has 0 aromatic heterocycles. The molecule has 0 saturated heterocycles. The summed E-state index contributed by atoms with van der Waals surface area (Å²) in [4.78, 5) is 0. The molecule has 0 bridgehead atoms. The van der Waals surface area contributed by atoms with Crippen molar-refractivity contribution in [2.24, 2.45) is 0 Å². The van der Waals surface area contributed by atoms with Crippen molar-refractivity contribution >= 4 is 32.3 Å². The summed E-state index contributed by atoms with van der Waals surface area (Å²) in [5, 5.41) is 6.10. The van der Waals surface area contributed by atoms with Crippen LogP contribution in [-0.4, -0.2) is 0 Å². The van der Waals surface area contributed by atoms with Gasteiger partial charge in [0.2, 0.25) is 0 Å². The van der Waals surface area contributed by atoms with E-state index in [9.17, 15) is 4.39 Å². The number of aryl methyl sites for hydroxylation is 1. The Kier molecular flexibility index (Phi) is 2.31. The van der Waals surface area contributed by atoms with Gasteiger partial charge in [-0.1, -0.05) is 60.7 Å². The van der Waals surface area contributed by atoms with E-state index in [1.165, 1.54) is 0 Å². The second-order valence-electron chi connectivity index (χ2n) is 5.19. The zero-order chi connectivity index (χ0) is 13.7. The van der Waals surface area contributed by atoms with Gasteiger partial charge in [0, 0.05) is 5.39 Å². The molecule has 0 atom stereocenters. The number of hydrogen-bond donors (Lipinski definition) is 0. The third-order valence-corrected chi connectivity index (χ3v) is 4.09. The van der Waals surface area contributed by atoms with Crippen molar-refractivity contribution in [3.8, 4) is 0 Å². The van der Waals surface area contributed by atoms with E-state index < -0.39 is 0 Å². The van der Waals surface area contributed by atoms with E-state index in [0.717, 1.165) is 32.5 Å². The van der Waals surface area contributed by atoms with E-state index in [-0.39, 0.29) is 5.82 Å². The molecule has 0 aliphatic heterocycles. The zero-order valence-corrected chi connectivity index (χ0v) is 11.2. The van der Waals surface area contributed by atoms with Crippen LogP contribution in [0.4, 0.5) is 4.39 Å². The summed E-state index contributed by atoms with van der Waals surface area (Å²) in [6.45, 7) is 1.87. The summed E-state index contributed by atoms with van der Waals surface area (Å²) in [5.74, 6) is -0.107. The molecule has 0 aliphatic rings. The molecule has 0 N–H and O–H groups in total. The van der Waals surface area contributed by atoms with Gasteiger partial charge in [-0.2, -0.15) is 0 Å². The molecule has 4 rings (SSSR count). The highest BCUT2D eigenvalue weighted by molar-refractivity contribution is 6.18. The topological polar surface area (TPSA) is 0 Å². The maximum Gasteiger partial charge on any atom is 0.134 e. The highest BCUT2D eigenvalue weighted by Crippen LogP contribution is 2.35. The van der Waals surface area contributed by atoms with E-state index in [2.05, 4.69) is 24.3 Å². The van der Waals surface area contributed by atoms with Crippen molar-refractivity contribution in [2.75, 3.05) is 0 Å². The summed E-state index contributed by atoms with van der Waals surface area (Å²) in [5.41, 5.74) is 0.732. The first-order valence-corrected chi connectivity index (χ1v) is 6.75. The van der Waals surface area contributed by atoms with E-state index in [4.69, 9.17) is 0 Å². The zero-order valence-electron chi connectivity index (χ0n) is 11.2. The Balaban J connectivity index is 2.39. The molecule has 4 aromatic carbocycles. The average molecular weight is 260 g/mol. The normalized spacial score (nSPS) is 11.5. The summed E-state index contributed by atoms with van der Waals surface area (Å²) >= 11 is 0. The van der Waals surface area contributed by atoms with Gasteiger partial charge in [-0.25, -0.2) is 4.39 Å². The Morgan fingerprint density at radius 1 is 0.650 bits per heavy atom. The highest BCUT2D eigenvalue weighted by atomic mass is 19.1. The molecular formula is C19H13F. The fraction of sp³-hybridized carbons (Fsp3) is 0.0526. The van der Waals surface area contributed by atoms with Crippen LogP contribution in [-0.2, 0) is 0 Å². The van der Waals surface area contributed by atoms with Crippen LogP contribution < -0.4 is 0 Å². The van der Waals surface area contributed by atoms with Gasteiger partial charge in [0.25, 0.3) is 0 Å². The Bertz CT molecular complexity index is 961.